The van der Waals surface area contributed by atoms with Crippen LogP contribution in [0, 0.1) is 0 Å². The Bertz CT molecular complexity index is 992. The monoisotopic (exact) mass is 385 g/mol. The van der Waals surface area contributed by atoms with E-state index in [1.165, 1.54) is 0 Å². The van der Waals surface area contributed by atoms with Crippen molar-refractivity contribution in [2.75, 3.05) is 0 Å². The Balaban J connectivity index is 1.73. The van der Waals surface area contributed by atoms with E-state index in [9.17, 15) is 13.6 Å². The number of carbonyl (C=O) groups is 1. The average molecular weight is 385 g/mol. The molecule has 0 radical (unpaired) electrons. The van der Waals surface area contributed by atoms with Gasteiger partial charge in [-0.05, 0) is 37.5 Å². The lowest BCUT2D eigenvalue weighted by atomic mass is 10.0. The number of pyridine rings is 2. The Morgan fingerprint density at radius 2 is 2.04 bits per heavy atom. The van der Waals surface area contributed by atoms with Crippen molar-refractivity contribution in [2.45, 2.75) is 50.6 Å². The second-order valence-corrected chi connectivity index (χ2v) is 7.41. The van der Waals surface area contributed by atoms with Crippen LogP contribution in [0.15, 0.2) is 43.0 Å². The standard InChI is InChI=1S/C20H21F2N5O/c1-12(26-19(28)20(2,21)22)18(14-5-6-16(24-10-14)13-3-4-13)27-17-7-8-23-9-15(17)11-25-27/h5-13,18H,3-4H2,1-2H3,(H,26,28)/t12-,18-/m0/s1. The Morgan fingerprint density at radius 1 is 1.25 bits per heavy atom. The van der Waals surface area contributed by atoms with Gasteiger partial charge >= 0.3 is 5.92 Å². The fourth-order valence-electron chi connectivity index (χ4n) is 3.38. The van der Waals surface area contributed by atoms with Gasteiger partial charge < -0.3 is 5.32 Å². The van der Waals surface area contributed by atoms with Gasteiger partial charge in [-0.25, -0.2) is 0 Å². The summed E-state index contributed by atoms with van der Waals surface area (Å²) in [4.78, 5) is 20.5. The number of amides is 1. The highest BCUT2D eigenvalue weighted by Crippen LogP contribution is 2.39. The van der Waals surface area contributed by atoms with Crippen LogP contribution < -0.4 is 5.32 Å². The van der Waals surface area contributed by atoms with Gasteiger partial charge in [-0.3, -0.25) is 19.4 Å². The zero-order chi connectivity index (χ0) is 19.9. The maximum Gasteiger partial charge on any atom is 0.321 e. The van der Waals surface area contributed by atoms with E-state index in [4.69, 9.17) is 0 Å². The van der Waals surface area contributed by atoms with Gasteiger partial charge in [0.05, 0.1) is 23.8 Å². The van der Waals surface area contributed by atoms with Crippen molar-refractivity contribution >= 4 is 16.8 Å². The molecule has 1 amide bonds. The lowest BCUT2D eigenvalue weighted by Gasteiger charge is -2.27. The summed E-state index contributed by atoms with van der Waals surface area (Å²) in [5.74, 6) is -4.26. The first-order valence-electron chi connectivity index (χ1n) is 9.26. The summed E-state index contributed by atoms with van der Waals surface area (Å²) < 4.78 is 28.6. The first-order valence-corrected chi connectivity index (χ1v) is 9.26. The summed E-state index contributed by atoms with van der Waals surface area (Å²) in [6.45, 7) is 2.28. The molecule has 2 atom stereocenters. The number of hydrogen-bond acceptors (Lipinski definition) is 4. The van der Waals surface area contributed by atoms with Gasteiger partial charge in [-0.2, -0.15) is 13.9 Å². The van der Waals surface area contributed by atoms with Gasteiger partial charge in [0, 0.05) is 42.5 Å². The fourth-order valence-corrected chi connectivity index (χ4v) is 3.38. The fraction of sp³-hybridized carbons (Fsp3) is 0.400. The number of carbonyl (C=O) groups excluding carboxylic acids is 1. The number of nitrogens with one attached hydrogen (secondary N) is 1. The molecule has 146 valence electrons. The molecule has 3 aromatic heterocycles. The highest BCUT2D eigenvalue weighted by atomic mass is 19.3. The quantitative estimate of drug-likeness (QED) is 0.705. The van der Waals surface area contributed by atoms with Gasteiger partial charge in [-0.15, -0.1) is 0 Å². The van der Waals surface area contributed by atoms with Crippen molar-refractivity contribution in [3.63, 3.8) is 0 Å². The van der Waals surface area contributed by atoms with E-state index >= 15 is 0 Å². The third kappa shape index (κ3) is 3.58. The topological polar surface area (TPSA) is 72.7 Å². The minimum Gasteiger partial charge on any atom is -0.346 e. The molecule has 3 aromatic rings. The minimum absolute atomic E-state index is 0.494. The summed E-state index contributed by atoms with van der Waals surface area (Å²) in [6, 6.07) is 4.59. The number of halogens is 2. The normalized spacial score (nSPS) is 16.7. The predicted octanol–water partition coefficient (Wildman–Crippen LogP) is 3.45. The van der Waals surface area contributed by atoms with Crippen molar-refractivity contribution in [2.24, 2.45) is 0 Å². The van der Waals surface area contributed by atoms with Gasteiger partial charge in [0.25, 0.3) is 5.91 Å². The first-order chi connectivity index (χ1) is 13.3. The number of nitrogens with zero attached hydrogens (tertiary/aromatic N) is 4. The smallest absolute Gasteiger partial charge is 0.321 e. The number of rotatable bonds is 6. The van der Waals surface area contributed by atoms with Crippen LogP contribution in [0.5, 0.6) is 0 Å². The molecule has 1 aliphatic rings. The zero-order valence-electron chi connectivity index (χ0n) is 15.6. The van der Waals surface area contributed by atoms with E-state index in [2.05, 4.69) is 20.4 Å². The lowest BCUT2D eigenvalue weighted by molar-refractivity contribution is -0.143. The Morgan fingerprint density at radius 3 is 2.68 bits per heavy atom. The van der Waals surface area contributed by atoms with E-state index in [1.54, 1.807) is 36.4 Å². The largest absolute Gasteiger partial charge is 0.346 e. The third-order valence-corrected chi connectivity index (χ3v) is 5.04. The molecule has 1 N–H and O–H groups in total. The highest BCUT2D eigenvalue weighted by molar-refractivity contribution is 5.83. The maximum absolute atomic E-state index is 13.4. The molecule has 8 heteroatoms. The van der Waals surface area contributed by atoms with Crippen molar-refractivity contribution < 1.29 is 13.6 Å². The van der Waals surface area contributed by atoms with Crippen molar-refractivity contribution in [3.05, 3.63) is 54.2 Å². The van der Waals surface area contributed by atoms with Crippen LogP contribution in [0.4, 0.5) is 8.78 Å². The molecule has 1 saturated carbocycles. The molecule has 0 aromatic carbocycles. The first kappa shape index (κ1) is 18.5. The summed E-state index contributed by atoms with van der Waals surface area (Å²) >= 11 is 0. The maximum atomic E-state index is 13.4. The van der Waals surface area contributed by atoms with Gasteiger partial charge in [-0.1, -0.05) is 6.07 Å². The second-order valence-electron chi connectivity index (χ2n) is 7.41. The second kappa shape index (κ2) is 6.92. The zero-order valence-corrected chi connectivity index (χ0v) is 15.6. The Hall–Kier alpha value is -2.90. The number of hydrogen-bond donors (Lipinski definition) is 1. The van der Waals surface area contributed by atoms with Gasteiger partial charge in [0.1, 0.15) is 0 Å². The van der Waals surface area contributed by atoms with Crippen LogP contribution in [0.1, 0.15) is 49.9 Å². The van der Waals surface area contributed by atoms with Crippen LogP contribution >= 0.6 is 0 Å². The number of alkyl halides is 2. The van der Waals surface area contributed by atoms with E-state index < -0.39 is 23.9 Å². The average Bonchev–Trinajstić information content (AvgIpc) is 3.43. The predicted molar refractivity (Wildman–Crippen MR) is 100 cm³/mol. The molecule has 1 fully saturated rings. The van der Waals surface area contributed by atoms with Crippen LogP contribution in [0.25, 0.3) is 10.9 Å². The summed E-state index contributed by atoms with van der Waals surface area (Å²) in [5, 5.41) is 7.70. The highest BCUT2D eigenvalue weighted by Gasteiger charge is 2.35. The Labute approximate surface area is 161 Å². The van der Waals surface area contributed by atoms with Gasteiger partial charge in [0.15, 0.2) is 0 Å². The molecule has 1 aliphatic carbocycles. The van der Waals surface area contributed by atoms with Gasteiger partial charge in [0.2, 0.25) is 0 Å². The third-order valence-electron chi connectivity index (χ3n) is 5.04. The van der Waals surface area contributed by atoms with Crippen LogP contribution in [0.3, 0.4) is 0 Å². The van der Waals surface area contributed by atoms with Crippen molar-refractivity contribution in [1.29, 1.82) is 0 Å². The van der Waals surface area contributed by atoms with Crippen molar-refractivity contribution in [1.82, 2.24) is 25.1 Å². The molecule has 6 nitrogen and oxygen atoms in total. The van der Waals surface area contributed by atoms with E-state index in [1.807, 2.05) is 18.2 Å². The molecule has 0 aliphatic heterocycles. The van der Waals surface area contributed by atoms with Crippen LogP contribution in [-0.4, -0.2) is 37.6 Å². The molecule has 0 bridgehead atoms. The number of fused-ring (bicyclic) bond motifs is 1. The summed E-state index contributed by atoms with van der Waals surface area (Å²) in [6.07, 6.45) is 9.04. The SMILES string of the molecule is C[C@H](NC(=O)C(C)(F)F)[C@@H](c1ccc(C2CC2)nc1)n1ncc2cnccc21. The van der Waals surface area contributed by atoms with E-state index in [-0.39, 0.29) is 0 Å². The molecule has 4 rings (SSSR count). The summed E-state index contributed by atoms with van der Waals surface area (Å²) in [7, 11) is 0. The molecular weight excluding hydrogens is 364 g/mol. The van der Waals surface area contributed by atoms with Crippen LogP contribution in [0.2, 0.25) is 0 Å². The van der Waals surface area contributed by atoms with Crippen molar-refractivity contribution in [3.8, 4) is 0 Å². The molecule has 0 spiro atoms. The number of aromatic nitrogens is 4. The Kier molecular flexibility index (Phi) is 4.56. The summed E-state index contributed by atoms with van der Waals surface area (Å²) in [5.41, 5.74) is 2.63. The minimum atomic E-state index is -3.46. The molecular formula is C20H21F2N5O. The molecule has 0 unspecified atom stereocenters. The van der Waals surface area contributed by atoms with Crippen LogP contribution in [-0.2, 0) is 4.79 Å². The van der Waals surface area contributed by atoms with E-state index in [0.29, 0.717) is 12.8 Å². The molecule has 28 heavy (non-hydrogen) atoms. The lowest BCUT2D eigenvalue weighted by Crippen LogP contribution is -2.46. The molecule has 3 heterocycles. The van der Waals surface area contributed by atoms with E-state index in [0.717, 1.165) is 35.0 Å². The molecule has 0 saturated heterocycles.